The molecule has 322 valence electrons. The Labute approximate surface area is 324 Å². The number of rotatable bonds is 11. The highest BCUT2D eigenvalue weighted by atomic mass is 16.8. The third kappa shape index (κ3) is 9.93. The molecule has 3 aliphatic heterocycles. The van der Waals surface area contributed by atoms with E-state index in [0.29, 0.717) is 32.1 Å². The molecule has 22 atom stereocenters. The van der Waals surface area contributed by atoms with Crippen molar-refractivity contribution in [2.24, 2.45) is 17.8 Å². The molecule has 3 saturated heterocycles. The quantitative estimate of drug-likeness (QED) is 0.0702. The number of carbonyl (C=O) groups excluding carboxylic acids is 1. The molecule has 19 nitrogen and oxygen atoms in total. The summed E-state index contributed by atoms with van der Waals surface area (Å²) in [6, 6.07) is 0. The molecule has 0 spiro atoms. The van der Waals surface area contributed by atoms with Crippen LogP contribution in [-0.2, 0) is 38.0 Å². The first-order chi connectivity index (χ1) is 26.7. The van der Waals surface area contributed by atoms with Crippen molar-refractivity contribution in [1.29, 1.82) is 0 Å². The third-order valence-electron chi connectivity index (χ3n) is 12.6. The number of methoxy groups -OCH3 is 1. The topological polar surface area (TPSA) is 304 Å². The number of fused-ring (bicyclic) bond motifs is 1. The van der Waals surface area contributed by atoms with Crippen molar-refractivity contribution in [3.05, 3.63) is 12.2 Å². The summed E-state index contributed by atoms with van der Waals surface area (Å²) in [5.41, 5.74) is 0. The fourth-order valence-corrected chi connectivity index (χ4v) is 9.21. The molecule has 0 bridgehead atoms. The minimum Gasteiger partial charge on any atom is -0.460 e. The molecule has 0 aromatic carbocycles. The Kier molecular flexibility index (Phi) is 15.2. The van der Waals surface area contributed by atoms with E-state index in [-0.39, 0.29) is 37.5 Å². The van der Waals surface area contributed by atoms with Crippen molar-refractivity contribution in [3.63, 3.8) is 0 Å². The van der Waals surface area contributed by atoms with Crippen molar-refractivity contribution in [2.45, 2.75) is 174 Å². The van der Waals surface area contributed by atoms with Gasteiger partial charge in [0.25, 0.3) is 0 Å². The SMILES string of the molecule is COC1CC(C2OC3CC(O)CC(O)C3CC2OC2OC(CO)C(O)C(O)C2OC2OC(COC(=O)C=CC3CCC(O)C(O)C3)C(O)C(O)C2O)CCC1O. The lowest BCUT2D eigenvalue weighted by molar-refractivity contribution is -0.379. The first-order valence-electron chi connectivity index (χ1n) is 19.8. The van der Waals surface area contributed by atoms with E-state index in [1.165, 1.54) is 7.11 Å². The van der Waals surface area contributed by atoms with Crippen LogP contribution in [0.2, 0.25) is 0 Å². The van der Waals surface area contributed by atoms with E-state index >= 15 is 0 Å². The molecule has 56 heavy (non-hydrogen) atoms. The summed E-state index contributed by atoms with van der Waals surface area (Å²) in [4.78, 5) is 12.5. The van der Waals surface area contributed by atoms with Gasteiger partial charge in [-0.25, -0.2) is 4.79 Å². The molecule has 0 aromatic rings. The van der Waals surface area contributed by atoms with E-state index in [4.69, 9.17) is 33.2 Å². The Morgan fingerprint density at radius 1 is 0.661 bits per heavy atom. The van der Waals surface area contributed by atoms with Crippen LogP contribution < -0.4 is 0 Å². The van der Waals surface area contributed by atoms with Crippen molar-refractivity contribution in [2.75, 3.05) is 20.3 Å². The van der Waals surface area contributed by atoms with E-state index in [0.717, 1.165) is 6.08 Å². The molecule has 6 rings (SSSR count). The van der Waals surface area contributed by atoms with Crippen LogP contribution in [0.5, 0.6) is 0 Å². The normalized spacial score (nSPS) is 50.4. The molecule has 11 N–H and O–H groups in total. The fourth-order valence-electron chi connectivity index (χ4n) is 9.21. The number of hydrogen-bond donors (Lipinski definition) is 11. The van der Waals surface area contributed by atoms with Crippen LogP contribution in [0.25, 0.3) is 0 Å². The first-order valence-corrected chi connectivity index (χ1v) is 19.8. The second kappa shape index (κ2) is 19.3. The number of carbonyl (C=O) groups is 1. The summed E-state index contributed by atoms with van der Waals surface area (Å²) in [5.74, 6) is -1.68. The summed E-state index contributed by atoms with van der Waals surface area (Å²) >= 11 is 0. The average Bonchev–Trinajstić information content (AvgIpc) is 3.17. The molecule has 6 fully saturated rings. The zero-order chi connectivity index (χ0) is 40.4. The van der Waals surface area contributed by atoms with Crippen molar-refractivity contribution >= 4 is 5.97 Å². The van der Waals surface area contributed by atoms with Gasteiger partial charge in [0.05, 0.1) is 61.5 Å². The molecule has 3 aliphatic carbocycles. The van der Waals surface area contributed by atoms with Crippen LogP contribution in [0.15, 0.2) is 12.2 Å². The van der Waals surface area contributed by atoms with Crippen LogP contribution in [0, 0.1) is 17.8 Å². The number of aliphatic hydroxyl groups is 11. The van der Waals surface area contributed by atoms with Crippen molar-refractivity contribution < 1.29 is 94.1 Å². The maximum Gasteiger partial charge on any atom is 0.330 e. The summed E-state index contributed by atoms with van der Waals surface area (Å²) < 4.78 is 41.5. The van der Waals surface area contributed by atoms with Crippen LogP contribution in [0.4, 0.5) is 0 Å². The van der Waals surface area contributed by atoms with Crippen LogP contribution in [0.1, 0.15) is 57.8 Å². The maximum atomic E-state index is 12.5. The molecule has 19 heteroatoms. The van der Waals surface area contributed by atoms with Crippen LogP contribution in [-0.4, -0.2) is 199 Å². The van der Waals surface area contributed by atoms with Gasteiger partial charge in [-0.05, 0) is 69.6 Å². The molecule has 0 radical (unpaired) electrons. The first kappa shape index (κ1) is 44.1. The van der Waals surface area contributed by atoms with E-state index in [1.807, 2.05) is 0 Å². The molecular weight excluding hydrogens is 748 g/mol. The fraction of sp³-hybridized carbons (Fsp3) is 0.919. The second-order valence-electron chi connectivity index (χ2n) is 16.3. The van der Waals surface area contributed by atoms with E-state index < -0.39 is 141 Å². The average molecular weight is 809 g/mol. The van der Waals surface area contributed by atoms with Crippen LogP contribution in [0.3, 0.4) is 0 Å². The van der Waals surface area contributed by atoms with Gasteiger partial charge in [0, 0.05) is 19.1 Å². The highest BCUT2D eigenvalue weighted by Gasteiger charge is 2.54. The monoisotopic (exact) mass is 808 g/mol. The Bertz CT molecular complexity index is 1290. The lowest BCUT2D eigenvalue weighted by Gasteiger charge is -2.52. The maximum absolute atomic E-state index is 12.5. The number of hydrogen-bond acceptors (Lipinski definition) is 19. The molecule has 3 saturated carbocycles. The number of ether oxygens (including phenoxy) is 7. The van der Waals surface area contributed by atoms with Gasteiger partial charge in [-0.15, -0.1) is 0 Å². The Balaban J connectivity index is 1.17. The smallest absolute Gasteiger partial charge is 0.330 e. The van der Waals surface area contributed by atoms with Crippen LogP contribution >= 0.6 is 0 Å². The predicted octanol–water partition coefficient (Wildman–Crippen LogP) is -3.91. The lowest BCUT2D eigenvalue weighted by Crippen LogP contribution is -2.65. The van der Waals surface area contributed by atoms with Gasteiger partial charge >= 0.3 is 5.97 Å². The summed E-state index contributed by atoms with van der Waals surface area (Å²) in [7, 11) is 1.50. The number of allylic oxidation sites excluding steroid dienone is 1. The molecule has 0 amide bonds. The van der Waals surface area contributed by atoms with Gasteiger partial charge < -0.3 is 89.3 Å². The van der Waals surface area contributed by atoms with E-state index in [2.05, 4.69) is 0 Å². The minimum atomic E-state index is -1.92. The minimum absolute atomic E-state index is 0.125. The van der Waals surface area contributed by atoms with Gasteiger partial charge in [-0.3, -0.25) is 0 Å². The van der Waals surface area contributed by atoms with Gasteiger partial charge in [0.1, 0.15) is 55.4 Å². The molecule has 0 aromatic heterocycles. The second-order valence-corrected chi connectivity index (χ2v) is 16.3. The van der Waals surface area contributed by atoms with Crippen molar-refractivity contribution in [3.8, 4) is 0 Å². The molecule has 22 unspecified atom stereocenters. The zero-order valence-electron chi connectivity index (χ0n) is 31.3. The summed E-state index contributed by atoms with van der Waals surface area (Å²) in [6.45, 7) is -1.33. The largest absolute Gasteiger partial charge is 0.460 e. The van der Waals surface area contributed by atoms with Gasteiger partial charge in [0.15, 0.2) is 12.6 Å². The Morgan fingerprint density at radius 2 is 1.38 bits per heavy atom. The highest BCUT2D eigenvalue weighted by Crippen LogP contribution is 2.44. The summed E-state index contributed by atoms with van der Waals surface area (Å²) in [6.07, 6.45) is -17.8. The Morgan fingerprint density at radius 3 is 2.09 bits per heavy atom. The lowest BCUT2D eigenvalue weighted by atomic mass is 9.72. The molecular formula is C37H60O19. The van der Waals surface area contributed by atoms with Gasteiger partial charge in [-0.1, -0.05) is 6.08 Å². The third-order valence-corrected chi connectivity index (χ3v) is 12.6. The number of esters is 1. The zero-order valence-corrected chi connectivity index (χ0v) is 31.3. The standard InChI is InChI=1S/C37H60O19/c1-50-24-9-16(4-6-20(24)41)34-25(12-18-21(42)10-17(39)11-23(18)52-34)53-37-35(32(48)29(45)26(13-38)54-37)56-36-33(49)31(47)30(46)27(55-36)14-51-28(44)7-3-15-2-5-19(40)22(43)8-15/h3,7,15-27,29-43,45-49H,2,4-6,8-14H2,1H3. The molecule has 3 heterocycles. The van der Waals surface area contributed by atoms with Gasteiger partial charge in [0.2, 0.25) is 0 Å². The summed E-state index contributed by atoms with van der Waals surface area (Å²) in [5, 5.41) is 116. The molecule has 6 aliphatic rings. The highest BCUT2D eigenvalue weighted by molar-refractivity contribution is 5.81. The predicted molar refractivity (Wildman–Crippen MR) is 186 cm³/mol. The van der Waals surface area contributed by atoms with E-state index in [1.54, 1.807) is 6.08 Å². The van der Waals surface area contributed by atoms with Crippen molar-refractivity contribution in [1.82, 2.24) is 0 Å². The van der Waals surface area contributed by atoms with E-state index in [9.17, 15) is 61.0 Å². The number of aliphatic hydroxyl groups excluding tert-OH is 11. The van der Waals surface area contributed by atoms with Gasteiger partial charge in [-0.2, -0.15) is 0 Å². The Hall–Kier alpha value is -1.47.